The fourth-order valence-electron chi connectivity index (χ4n) is 3.39. The van der Waals surface area contributed by atoms with Crippen LogP contribution in [0, 0.1) is 10.1 Å². The highest BCUT2D eigenvalue weighted by Gasteiger charge is 2.20. The molecule has 31 heavy (non-hydrogen) atoms. The third kappa shape index (κ3) is 7.98. The van der Waals surface area contributed by atoms with Crippen molar-refractivity contribution in [3.63, 3.8) is 0 Å². The van der Waals surface area contributed by atoms with Crippen LogP contribution in [0.15, 0.2) is 53.5 Å². The minimum atomic E-state index is -0.405. The second-order valence-electron chi connectivity index (χ2n) is 7.44. The molecule has 8 nitrogen and oxygen atoms in total. The molecule has 3 rings (SSSR count). The van der Waals surface area contributed by atoms with Crippen LogP contribution in [0.25, 0.3) is 0 Å². The molecule has 0 atom stereocenters. The highest BCUT2D eigenvalue weighted by Crippen LogP contribution is 2.18. The highest BCUT2D eigenvalue weighted by molar-refractivity contribution is 14.0. The predicted molar refractivity (Wildman–Crippen MR) is 131 cm³/mol. The molecule has 0 heterocycles. The van der Waals surface area contributed by atoms with Gasteiger partial charge in [-0.15, -0.1) is 24.0 Å². The maximum Gasteiger partial charge on any atom is 0.269 e. The number of aliphatic imine (C=N–C) groups is 1. The first-order chi connectivity index (χ1) is 14.5. The summed E-state index contributed by atoms with van der Waals surface area (Å²) in [6, 6.07) is 14.5. The molecule has 0 amide bonds. The van der Waals surface area contributed by atoms with E-state index in [0.717, 1.165) is 42.6 Å². The first-order valence-corrected chi connectivity index (χ1v) is 10.1. The number of methoxy groups -OCH3 is 1. The maximum atomic E-state index is 10.8. The Labute approximate surface area is 199 Å². The molecule has 0 unspecified atom stereocenters. The molecule has 0 bridgehead atoms. The number of aliphatic hydroxyl groups excluding tert-OH is 1. The predicted octanol–water partition coefficient (Wildman–Crippen LogP) is 3.76. The summed E-state index contributed by atoms with van der Waals surface area (Å²) in [5.74, 6) is 1.49. The van der Waals surface area contributed by atoms with Crippen molar-refractivity contribution < 1.29 is 14.8 Å². The van der Waals surface area contributed by atoms with Crippen molar-refractivity contribution in [2.45, 2.75) is 50.9 Å². The Bertz CT molecular complexity index is 851. The van der Waals surface area contributed by atoms with Gasteiger partial charge in [0.25, 0.3) is 5.69 Å². The number of non-ortho nitro benzene ring substituents is 1. The van der Waals surface area contributed by atoms with Crippen molar-refractivity contribution in [3.8, 4) is 5.75 Å². The zero-order valence-electron chi connectivity index (χ0n) is 17.5. The lowest BCUT2D eigenvalue weighted by atomic mass is 9.93. The summed E-state index contributed by atoms with van der Waals surface area (Å²) in [6.07, 6.45) is 3.14. The van der Waals surface area contributed by atoms with Gasteiger partial charge in [-0.05, 0) is 48.9 Å². The minimum absolute atomic E-state index is 0. The Morgan fingerprint density at radius 1 is 1.10 bits per heavy atom. The SMILES string of the molecule is COc1ccc(CN=C(NCc2ccc([N+](=O)[O-])cc2)NC2CCC(O)CC2)cc1.I. The van der Waals surface area contributed by atoms with E-state index in [2.05, 4.69) is 10.6 Å². The van der Waals surface area contributed by atoms with Gasteiger partial charge in [-0.3, -0.25) is 10.1 Å². The smallest absolute Gasteiger partial charge is 0.269 e. The van der Waals surface area contributed by atoms with Crippen LogP contribution in [0.1, 0.15) is 36.8 Å². The van der Waals surface area contributed by atoms with Crippen LogP contribution in [0.3, 0.4) is 0 Å². The zero-order valence-corrected chi connectivity index (χ0v) is 19.8. The van der Waals surface area contributed by atoms with Crippen LogP contribution in [-0.4, -0.2) is 35.2 Å². The number of hydrogen-bond donors (Lipinski definition) is 3. The molecule has 0 spiro atoms. The number of aliphatic hydroxyl groups is 1. The van der Waals surface area contributed by atoms with Gasteiger partial charge >= 0.3 is 0 Å². The van der Waals surface area contributed by atoms with E-state index in [0.29, 0.717) is 19.0 Å². The van der Waals surface area contributed by atoms with E-state index in [1.165, 1.54) is 12.1 Å². The zero-order chi connectivity index (χ0) is 21.3. The van der Waals surface area contributed by atoms with Gasteiger partial charge < -0.3 is 20.5 Å². The Kier molecular flexibility index (Phi) is 9.99. The largest absolute Gasteiger partial charge is 0.497 e. The van der Waals surface area contributed by atoms with E-state index in [1.807, 2.05) is 24.3 Å². The topological polar surface area (TPSA) is 109 Å². The van der Waals surface area contributed by atoms with Crippen molar-refractivity contribution in [3.05, 3.63) is 69.8 Å². The van der Waals surface area contributed by atoms with Crippen LogP contribution in [0.5, 0.6) is 5.75 Å². The molecular weight excluding hydrogens is 511 g/mol. The molecule has 0 aliphatic heterocycles. The van der Waals surface area contributed by atoms with Crippen molar-refractivity contribution >= 4 is 35.6 Å². The Balaban J connectivity index is 0.00000341. The molecule has 1 saturated carbocycles. The summed E-state index contributed by atoms with van der Waals surface area (Å²) in [5.41, 5.74) is 2.07. The lowest BCUT2D eigenvalue weighted by molar-refractivity contribution is -0.384. The van der Waals surface area contributed by atoms with Crippen LogP contribution < -0.4 is 15.4 Å². The van der Waals surface area contributed by atoms with E-state index in [1.54, 1.807) is 19.2 Å². The number of benzene rings is 2. The molecule has 168 valence electrons. The van der Waals surface area contributed by atoms with Crippen molar-refractivity contribution in [1.29, 1.82) is 0 Å². The number of nitro benzene ring substituents is 1. The molecule has 2 aromatic carbocycles. The summed E-state index contributed by atoms with van der Waals surface area (Å²) in [7, 11) is 1.64. The van der Waals surface area contributed by atoms with Crippen LogP contribution in [0.4, 0.5) is 5.69 Å². The van der Waals surface area contributed by atoms with Crippen LogP contribution in [0.2, 0.25) is 0 Å². The lowest BCUT2D eigenvalue weighted by Crippen LogP contribution is -2.45. The fraction of sp³-hybridized carbons (Fsp3) is 0.409. The summed E-state index contributed by atoms with van der Waals surface area (Å²) in [6.45, 7) is 1.01. The number of rotatable bonds is 7. The molecule has 1 aliphatic rings. The van der Waals surface area contributed by atoms with Gasteiger partial charge in [-0.2, -0.15) is 0 Å². The van der Waals surface area contributed by atoms with E-state index < -0.39 is 4.92 Å². The molecule has 0 aromatic heterocycles. The molecule has 3 N–H and O–H groups in total. The minimum Gasteiger partial charge on any atom is -0.497 e. The number of halogens is 1. The van der Waals surface area contributed by atoms with E-state index in [4.69, 9.17) is 9.73 Å². The summed E-state index contributed by atoms with van der Waals surface area (Å²) in [5, 5.41) is 27.3. The van der Waals surface area contributed by atoms with Gasteiger partial charge in [0, 0.05) is 24.7 Å². The summed E-state index contributed by atoms with van der Waals surface area (Å²) in [4.78, 5) is 15.1. The van der Waals surface area contributed by atoms with Gasteiger partial charge in [0.15, 0.2) is 5.96 Å². The molecule has 2 aromatic rings. The number of nitrogens with zero attached hydrogens (tertiary/aromatic N) is 2. The molecule has 0 radical (unpaired) electrons. The molecule has 9 heteroatoms. The second kappa shape index (κ2) is 12.5. The second-order valence-corrected chi connectivity index (χ2v) is 7.44. The Morgan fingerprint density at radius 3 is 2.29 bits per heavy atom. The van der Waals surface area contributed by atoms with E-state index in [-0.39, 0.29) is 41.8 Å². The highest BCUT2D eigenvalue weighted by atomic mass is 127. The van der Waals surface area contributed by atoms with E-state index >= 15 is 0 Å². The normalized spacial score (nSPS) is 18.6. The van der Waals surface area contributed by atoms with Gasteiger partial charge in [-0.1, -0.05) is 24.3 Å². The molecular formula is C22H29IN4O4. The third-order valence-electron chi connectivity index (χ3n) is 5.22. The number of guanidine groups is 1. The van der Waals surface area contributed by atoms with Gasteiger partial charge in [0.05, 0.1) is 24.7 Å². The average molecular weight is 540 g/mol. The summed E-state index contributed by atoms with van der Waals surface area (Å²) < 4.78 is 5.19. The van der Waals surface area contributed by atoms with Crippen molar-refractivity contribution in [2.75, 3.05) is 7.11 Å². The Hall–Kier alpha value is -2.40. The number of hydrogen-bond acceptors (Lipinski definition) is 5. The quantitative estimate of drug-likeness (QED) is 0.162. The van der Waals surface area contributed by atoms with Crippen molar-refractivity contribution in [1.82, 2.24) is 10.6 Å². The van der Waals surface area contributed by atoms with Gasteiger partial charge in [-0.25, -0.2) is 4.99 Å². The summed E-state index contributed by atoms with van der Waals surface area (Å²) >= 11 is 0. The molecule has 0 saturated heterocycles. The van der Waals surface area contributed by atoms with Gasteiger partial charge in [0.2, 0.25) is 0 Å². The third-order valence-corrected chi connectivity index (χ3v) is 5.22. The standard InChI is InChI=1S/C22H28N4O4.HI/c1-30-21-12-4-17(5-13-21)15-24-22(25-18-6-10-20(27)11-7-18)23-14-16-2-8-19(9-3-16)26(28)29;/h2-5,8-9,12-13,18,20,27H,6-7,10-11,14-15H2,1H3,(H2,23,24,25);1H. The number of ether oxygens (including phenoxy) is 1. The number of nitro groups is 1. The van der Waals surface area contributed by atoms with Crippen molar-refractivity contribution in [2.24, 2.45) is 4.99 Å². The first kappa shape index (κ1) is 24.9. The monoisotopic (exact) mass is 540 g/mol. The fourth-order valence-corrected chi connectivity index (χ4v) is 3.39. The van der Waals surface area contributed by atoms with Gasteiger partial charge in [0.1, 0.15) is 5.75 Å². The lowest BCUT2D eigenvalue weighted by Gasteiger charge is -2.27. The van der Waals surface area contributed by atoms with E-state index in [9.17, 15) is 15.2 Å². The molecule has 1 fully saturated rings. The first-order valence-electron chi connectivity index (χ1n) is 10.1. The Morgan fingerprint density at radius 2 is 1.71 bits per heavy atom. The maximum absolute atomic E-state index is 10.8. The van der Waals surface area contributed by atoms with Crippen LogP contribution in [-0.2, 0) is 13.1 Å². The number of nitrogens with one attached hydrogen (secondary N) is 2. The average Bonchev–Trinajstić information content (AvgIpc) is 2.77. The van der Waals surface area contributed by atoms with Crippen LogP contribution >= 0.6 is 24.0 Å². The molecule has 1 aliphatic carbocycles.